The van der Waals surface area contributed by atoms with Crippen molar-refractivity contribution in [1.29, 1.82) is 0 Å². The topological polar surface area (TPSA) is 37.4 Å². The van der Waals surface area contributed by atoms with Crippen molar-refractivity contribution in [1.82, 2.24) is 4.67 Å². The van der Waals surface area contributed by atoms with Crippen LogP contribution in [0, 0.1) is 0 Å². The molecule has 1 amide bonds. The number of hydrogen-bond donors (Lipinski definition) is 0. The number of rotatable bonds is 4. The molecule has 1 aromatic rings. The van der Waals surface area contributed by atoms with Crippen molar-refractivity contribution >= 4 is 18.5 Å². The molecule has 2 rings (SSSR count). The molecule has 90 valence electrons. The van der Waals surface area contributed by atoms with Crippen molar-refractivity contribution in [2.24, 2.45) is 0 Å². The van der Waals surface area contributed by atoms with Gasteiger partial charge in [0.1, 0.15) is 0 Å². The predicted octanol–water partition coefficient (Wildman–Crippen LogP) is 2.75. The Morgan fingerprint density at radius 1 is 1.24 bits per heavy atom. The molecule has 3 nitrogen and oxygen atoms in total. The summed E-state index contributed by atoms with van der Waals surface area (Å²) in [6.45, 7) is 2.62. The maximum Gasteiger partial charge on any atom is 0.252 e. The molecule has 1 unspecified atom stereocenters. The lowest BCUT2D eigenvalue weighted by atomic mass is 10.3. The van der Waals surface area contributed by atoms with Gasteiger partial charge >= 0.3 is 0 Å². The fourth-order valence-electron chi connectivity index (χ4n) is 1.91. The van der Waals surface area contributed by atoms with Crippen LogP contribution in [0.15, 0.2) is 42.2 Å². The third-order valence-electron chi connectivity index (χ3n) is 2.88. The minimum atomic E-state index is -2.82. The summed E-state index contributed by atoms with van der Waals surface area (Å²) < 4.78 is 14.4. The minimum Gasteiger partial charge on any atom is -0.290 e. The molecule has 0 fully saturated rings. The van der Waals surface area contributed by atoms with Crippen LogP contribution >= 0.6 is 7.29 Å². The summed E-state index contributed by atoms with van der Waals surface area (Å²) in [7, 11) is -2.82. The van der Waals surface area contributed by atoms with Gasteiger partial charge in [0, 0.05) is 23.7 Å². The van der Waals surface area contributed by atoms with E-state index in [1.807, 2.05) is 30.3 Å². The molecule has 0 saturated carbocycles. The molecule has 1 aromatic carbocycles. The van der Waals surface area contributed by atoms with Gasteiger partial charge in [-0.3, -0.25) is 14.0 Å². The largest absolute Gasteiger partial charge is 0.290 e. The molecule has 0 bridgehead atoms. The van der Waals surface area contributed by atoms with Crippen molar-refractivity contribution in [3.63, 3.8) is 0 Å². The van der Waals surface area contributed by atoms with Crippen LogP contribution in [0.25, 0.3) is 0 Å². The van der Waals surface area contributed by atoms with Crippen molar-refractivity contribution in [3.05, 3.63) is 42.2 Å². The highest BCUT2D eigenvalue weighted by atomic mass is 31.2. The predicted molar refractivity (Wildman–Crippen MR) is 69.4 cm³/mol. The summed E-state index contributed by atoms with van der Waals surface area (Å²) >= 11 is 0. The summed E-state index contributed by atoms with van der Waals surface area (Å²) in [6.07, 6.45) is 3.30. The van der Waals surface area contributed by atoms with E-state index < -0.39 is 7.29 Å². The molecule has 0 radical (unpaired) electrons. The molecule has 0 aliphatic carbocycles. The molecular weight excluding hydrogens is 233 g/mol. The van der Waals surface area contributed by atoms with Gasteiger partial charge in [0.05, 0.1) is 0 Å². The SMILES string of the molecule is CCCCN1C(=O)C=CP1(=O)c1ccccc1. The first-order valence-electron chi connectivity index (χ1n) is 5.85. The van der Waals surface area contributed by atoms with E-state index in [1.165, 1.54) is 10.7 Å². The number of hydrogen-bond acceptors (Lipinski definition) is 2. The summed E-state index contributed by atoms with van der Waals surface area (Å²) in [5.74, 6) is 1.44. The van der Waals surface area contributed by atoms with E-state index in [4.69, 9.17) is 0 Å². The maximum absolute atomic E-state index is 12.9. The Labute approximate surface area is 102 Å². The highest BCUT2D eigenvalue weighted by Gasteiger charge is 2.36. The van der Waals surface area contributed by atoms with Gasteiger partial charge in [-0.2, -0.15) is 0 Å². The zero-order chi connectivity index (χ0) is 12.3. The normalized spacial score (nSPS) is 23.4. The van der Waals surface area contributed by atoms with Gasteiger partial charge in [0.25, 0.3) is 5.91 Å². The number of benzene rings is 1. The Kier molecular flexibility index (Phi) is 3.49. The molecule has 0 N–H and O–H groups in total. The lowest BCUT2D eigenvalue weighted by molar-refractivity contribution is -0.121. The summed E-state index contributed by atoms with van der Waals surface area (Å²) in [6, 6.07) is 9.23. The third kappa shape index (κ3) is 2.20. The van der Waals surface area contributed by atoms with Gasteiger partial charge in [-0.1, -0.05) is 31.5 Å². The Balaban J connectivity index is 2.32. The van der Waals surface area contributed by atoms with Crippen molar-refractivity contribution in [2.45, 2.75) is 19.8 Å². The fourth-order valence-corrected chi connectivity index (χ4v) is 4.25. The Morgan fingerprint density at radius 2 is 1.94 bits per heavy atom. The van der Waals surface area contributed by atoms with E-state index >= 15 is 0 Å². The number of nitrogens with zero attached hydrogens (tertiary/aromatic N) is 1. The average Bonchev–Trinajstić information content (AvgIpc) is 2.65. The summed E-state index contributed by atoms with van der Waals surface area (Å²) in [5, 5.41) is 0.734. The first kappa shape index (κ1) is 12.1. The van der Waals surface area contributed by atoms with E-state index in [1.54, 1.807) is 5.82 Å². The van der Waals surface area contributed by atoms with Crippen LogP contribution in [-0.2, 0) is 9.36 Å². The third-order valence-corrected chi connectivity index (χ3v) is 5.59. The number of amides is 1. The fraction of sp³-hybridized carbons (Fsp3) is 0.308. The van der Waals surface area contributed by atoms with Gasteiger partial charge in [0.15, 0.2) is 0 Å². The molecule has 17 heavy (non-hydrogen) atoms. The summed E-state index contributed by atoms with van der Waals surface area (Å²) in [5.41, 5.74) is 0. The van der Waals surface area contributed by atoms with Crippen LogP contribution in [-0.4, -0.2) is 17.1 Å². The second kappa shape index (κ2) is 4.89. The van der Waals surface area contributed by atoms with E-state index in [9.17, 15) is 9.36 Å². The van der Waals surface area contributed by atoms with Crippen LogP contribution in [0.2, 0.25) is 0 Å². The highest BCUT2D eigenvalue weighted by Crippen LogP contribution is 2.53. The Hall–Kier alpha value is -1.34. The van der Waals surface area contributed by atoms with Crippen molar-refractivity contribution in [2.75, 3.05) is 6.54 Å². The quantitative estimate of drug-likeness (QED) is 0.769. The minimum absolute atomic E-state index is 0.134. The van der Waals surface area contributed by atoms with Crippen LogP contribution in [0.5, 0.6) is 0 Å². The monoisotopic (exact) mass is 249 g/mol. The van der Waals surface area contributed by atoms with Crippen molar-refractivity contribution < 1.29 is 9.36 Å². The van der Waals surface area contributed by atoms with Crippen LogP contribution in [0.4, 0.5) is 0 Å². The van der Waals surface area contributed by atoms with E-state index in [0.717, 1.165) is 18.1 Å². The standard InChI is InChI=1S/C13H16NO2P/c1-2-3-10-14-13(15)9-11-17(14,16)12-7-5-4-6-8-12/h4-9,11H,2-3,10H2,1H3. The summed E-state index contributed by atoms with van der Waals surface area (Å²) in [4.78, 5) is 11.7. The van der Waals surface area contributed by atoms with Gasteiger partial charge in [0.2, 0.25) is 7.29 Å². The van der Waals surface area contributed by atoms with Crippen LogP contribution in [0.1, 0.15) is 19.8 Å². The molecular formula is C13H16NO2P. The Morgan fingerprint density at radius 3 is 2.59 bits per heavy atom. The lowest BCUT2D eigenvalue weighted by Crippen LogP contribution is -2.27. The van der Waals surface area contributed by atoms with Crippen LogP contribution < -0.4 is 5.30 Å². The number of unbranched alkanes of at least 4 members (excludes halogenated alkanes) is 1. The molecule has 4 heteroatoms. The van der Waals surface area contributed by atoms with Gasteiger partial charge in [-0.15, -0.1) is 0 Å². The second-order valence-corrected chi connectivity index (χ2v) is 6.63. The molecule has 0 aromatic heterocycles. The van der Waals surface area contributed by atoms with Gasteiger partial charge in [-0.05, 0) is 18.6 Å². The Bertz CT molecular complexity index is 481. The van der Waals surface area contributed by atoms with E-state index in [2.05, 4.69) is 6.92 Å². The lowest BCUT2D eigenvalue weighted by Gasteiger charge is -2.24. The van der Waals surface area contributed by atoms with Crippen LogP contribution in [0.3, 0.4) is 0 Å². The van der Waals surface area contributed by atoms with Gasteiger partial charge in [-0.25, -0.2) is 0 Å². The van der Waals surface area contributed by atoms with E-state index in [0.29, 0.717) is 6.54 Å². The molecule has 1 aliphatic heterocycles. The highest BCUT2D eigenvalue weighted by molar-refractivity contribution is 7.73. The molecule has 1 aliphatic rings. The first-order chi connectivity index (χ1) is 8.18. The average molecular weight is 249 g/mol. The second-order valence-electron chi connectivity index (χ2n) is 4.09. The molecule has 0 spiro atoms. The van der Waals surface area contributed by atoms with Crippen molar-refractivity contribution in [3.8, 4) is 0 Å². The zero-order valence-corrected chi connectivity index (χ0v) is 10.8. The van der Waals surface area contributed by atoms with Gasteiger partial charge < -0.3 is 0 Å². The number of carbonyl (C=O) groups excluding carboxylic acids is 1. The van der Waals surface area contributed by atoms with E-state index in [-0.39, 0.29) is 5.91 Å². The zero-order valence-electron chi connectivity index (χ0n) is 9.87. The molecule has 1 heterocycles. The maximum atomic E-state index is 12.9. The number of carbonyl (C=O) groups is 1. The molecule has 1 atom stereocenters. The smallest absolute Gasteiger partial charge is 0.252 e. The first-order valence-corrected chi connectivity index (χ1v) is 7.58. The molecule has 0 saturated heterocycles.